The van der Waals surface area contributed by atoms with Gasteiger partial charge in [-0.25, -0.2) is 4.79 Å². The molecule has 1 aliphatic heterocycles. The molecule has 4 rings (SSSR count). The monoisotopic (exact) mass is 479 g/mol. The first kappa shape index (κ1) is 24.3. The van der Waals surface area contributed by atoms with Gasteiger partial charge in [0.05, 0.1) is 6.54 Å². The zero-order valence-electron chi connectivity index (χ0n) is 19.6. The van der Waals surface area contributed by atoms with E-state index in [1.54, 1.807) is 0 Å². The molecule has 2 aromatic rings. The normalized spacial score (nSPS) is 15.9. The molecule has 0 radical (unpaired) electrons. The second-order valence-electron chi connectivity index (χ2n) is 8.78. The van der Waals surface area contributed by atoms with Crippen LogP contribution in [-0.4, -0.2) is 77.6 Å². The summed E-state index contributed by atoms with van der Waals surface area (Å²) in [6, 6.07) is 15.3. The Morgan fingerprint density at radius 2 is 1.69 bits per heavy atom. The maximum Gasteiger partial charge on any atom is 0.407 e. The van der Waals surface area contributed by atoms with Crippen molar-refractivity contribution in [1.29, 1.82) is 0 Å². The summed E-state index contributed by atoms with van der Waals surface area (Å²) in [7, 11) is 0. The number of nitrogens with one attached hydrogen (secondary N) is 1. The van der Waals surface area contributed by atoms with E-state index >= 15 is 0 Å². The number of amides is 3. The Labute approximate surface area is 203 Å². The molecule has 0 spiro atoms. The van der Waals surface area contributed by atoms with E-state index in [1.165, 1.54) is 9.80 Å². The van der Waals surface area contributed by atoms with Crippen LogP contribution in [0.3, 0.4) is 0 Å². The predicted octanol–water partition coefficient (Wildman–Crippen LogP) is 2.45. The lowest BCUT2D eigenvalue weighted by molar-refractivity contribution is -0.151. The van der Waals surface area contributed by atoms with E-state index in [0.717, 1.165) is 22.3 Å². The third-order valence-electron chi connectivity index (χ3n) is 6.47. The van der Waals surface area contributed by atoms with Crippen LogP contribution in [0.2, 0.25) is 0 Å². The van der Waals surface area contributed by atoms with Gasteiger partial charge in [0, 0.05) is 19.0 Å². The van der Waals surface area contributed by atoms with Crippen molar-refractivity contribution in [2.75, 3.05) is 32.8 Å². The molecule has 0 saturated carbocycles. The number of fused-ring (bicyclic) bond motifs is 3. The molecule has 2 aliphatic rings. The summed E-state index contributed by atoms with van der Waals surface area (Å²) in [6.45, 7) is 1.79. The first-order chi connectivity index (χ1) is 16.9. The van der Waals surface area contributed by atoms with Gasteiger partial charge in [-0.2, -0.15) is 0 Å². The van der Waals surface area contributed by atoms with E-state index in [2.05, 4.69) is 17.4 Å². The second kappa shape index (κ2) is 10.6. The number of carbonyl (C=O) groups is 4. The number of alkyl carbamates (subject to hydrolysis) is 1. The smallest absolute Gasteiger partial charge is 0.407 e. The van der Waals surface area contributed by atoms with Crippen LogP contribution in [0.25, 0.3) is 11.1 Å². The summed E-state index contributed by atoms with van der Waals surface area (Å²) < 4.78 is 5.57. The quantitative estimate of drug-likeness (QED) is 0.601. The van der Waals surface area contributed by atoms with Crippen LogP contribution in [0.5, 0.6) is 0 Å². The zero-order chi connectivity index (χ0) is 24.9. The maximum absolute atomic E-state index is 13.1. The molecule has 9 nitrogen and oxygen atoms in total. The van der Waals surface area contributed by atoms with Crippen molar-refractivity contribution in [2.45, 2.75) is 31.7 Å². The van der Waals surface area contributed by atoms with Gasteiger partial charge in [0.2, 0.25) is 11.8 Å². The lowest BCUT2D eigenvalue weighted by Gasteiger charge is -2.35. The van der Waals surface area contributed by atoms with Crippen LogP contribution in [0.4, 0.5) is 4.79 Å². The number of carboxylic acid groups (broad SMARTS) is 1. The van der Waals surface area contributed by atoms with Gasteiger partial charge in [-0.3, -0.25) is 14.4 Å². The number of piperazine rings is 1. The SMILES string of the molecule is CCC[C@H](NC(=O)OCC1c2ccccc2-c2ccccc21)C(=O)N1CCN(CC(=O)O)C(=O)C1. The molecule has 0 bridgehead atoms. The number of rotatable bonds is 8. The summed E-state index contributed by atoms with van der Waals surface area (Å²) in [5.41, 5.74) is 4.45. The Bertz CT molecular complexity index is 1090. The molecule has 9 heteroatoms. The minimum absolute atomic E-state index is 0.0894. The van der Waals surface area contributed by atoms with Crippen LogP contribution in [0.1, 0.15) is 36.8 Å². The van der Waals surface area contributed by atoms with Crippen molar-refractivity contribution in [3.05, 3.63) is 59.7 Å². The summed E-state index contributed by atoms with van der Waals surface area (Å²) in [5.74, 6) is -1.99. The number of hydrogen-bond donors (Lipinski definition) is 2. The minimum Gasteiger partial charge on any atom is -0.480 e. The number of aliphatic carboxylic acids is 1. The van der Waals surface area contributed by atoms with E-state index < -0.39 is 30.6 Å². The molecular formula is C26H29N3O6. The molecular weight excluding hydrogens is 450 g/mol. The highest BCUT2D eigenvalue weighted by atomic mass is 16.5. The molecule has 1 saturated heterocycles. The number of benzene rings is 2. The Morgan fingerprint density at radius 1 is 1.06 bits per heavy atom. The topological polar surface area (TPSA) is 116 Å². The van der Waals surface area contributed by atoms with Gasteiger partial charge in [0.25, 0.3) is 0 Å². The van der Waals surface area contributed by atoms with Gasteiger partial charge in [0.1, 0.15) is 19.2 Å². The standard InChI is InChI=1S/C26H29N3O6/c1-2-7-22(25(33)29-13-12-28(15-24(31)32)23(30)14-29)27-26(34)35-16-21-19-10-5-3-8-17(19)18-9-4-6-11-20(18)21/h3-6,8-11,21-22H,2,7,12-16H2,1H3,(H,27,34)(H,31,32)/t22-/m0/s1. The van der Waals surface area contributed by atoms with Crippen molar-refractivity contribution in [3.63, 3.8) is 0 Å². The number of nitrogens with zero attached hydrogens (tertiary/aromatic N) is 2. The van der Waals surface area contributed by atoms with Crippen LogP contribution in [0.15, 0.2) is 48.5 Å². The van der Waals surface area contributed by atoms with E-state index in [0.29, 0.717) is 12.8 Å². The highest BCUT2D eigenvalue weighted by Gasteiger charge is 2.33. The lowest BCUT2D eigenvalue weighted by atomic mass is 9.98. The van der Waals surface area contributed by atoms with Gasteiger partial charge in [-0.15, -0.1) is 0 Å². The van der Waals surface area contributed by atoms with Gasteiger partial charge in [-0.05, 0) is 28.7 Å². The Kier molecular flexibility index (Phi) is 7.33. The van der Waals surface area contributed by atoms with E-state index in [-0.39, 0.29) is 38.1 Å². The number of carbonyl (C=O) groups excluding carboxylic acids is 3. The highest BCUT2D eigenvalue weighted by molar-refractivity contribution is 5.91. The first-order valence-electron chi connectivity index (χ1n) is 11.8. The van der Waals surface area contributed by atoms with Gasteiger partial charge in [-0.1, -0.05) is 61.9 Å². The maximum atomic E-state index is 13.1. The summed E-state index contributed by atoms with van der Waals surface area (Å²) >= 11 is 0. The van der Waals surface area contributed by atoms with E-state index in [1.807, 2.05) is 43.3 Å². The number of hydrogen-bond acceptors (Lipinski definition) is 5. The molecule has 0 unspecified atom stereocenters. The van der Waals surface area contributed by atoms with Crippen LogP contribution in [-0.2, 0) is 19.1 Å². The van der Waals surface area contributed by atoms with Gasteiger partial charge >= 0.3 is 12.1 Å². The molecule has 2 N–H and O–H groups in total. The van der Waals surface area contributed by atoms with Crippen molar-refractivity contribution < 1.29 is 29.0 Å². The fourth-order valence-electron chi connectivity index (χ4n) is 4.78. The number of ether oxygens (including phenoxy) is 1. The predicted molar refractivity (Wildman–Crippen MR) is 128 cm³/mol. The molecule has 1 heterocycles. The molecule has 184 valence electrons. The van der Waals surface area contributed by atoms with Crippen molar-refractivity contribution >= 4 is 23.9 Å². The molecule has 1 aliphatic carbocycles. The molecule has 1 fully saturated rings. The first-order valence-corrected chi connectivity index (χ1v) is 11.8. The molecule has 2 aromatic carbocycles. The lowest BCUT2D eigenvalue weighted by Crippen LogP contribution is -2.57. The highest BCUT2D eigenvalue weighted by Crippen LogP contribution is 2.44. The third kappa shape index (κ3) is 5.29. The van der Waals surface area contributed by atoms with E-state index in [9.17, 15) is 19.2 Å². The van der Waals surface area contributed by atoms with Crippen LogP contribution < -0.4 is 5.32 Å². The summed E-state index contributed by atoms with van der Waals surface area (Å²) in [6.07, 6.45) is 0.356. The van der Waals surface area contributed by atoms with E-state index in [4.69, 9.17) is 9.84 Å². The summed E-state index contributed by atoms with van der Waals surface area (Å²) in [4.78, 5) is 51.5. The van der Waals surface area contributed by atoms with Crippen molar-refractivity contribution in [2.24, 2.45) is 0 Å². The Morgan fingerprint density at radius 3 is 2.26 bits per heavy atom. The molecule has 3 amide bonds. The zero-order valence-corrected chi connectivity index (χ0v) is 19.6. The van der Waals surface area contributed by atoms with Crippen LogP contribution >= 0.6 is 0 Å². The molecule has 1 atom stereocenters. The fourth-order valence-corrected chi connectivity index (χ4v) is 4.78. The molecule has 0 aromatic heterocycles. The average molecular weight is 480 g/mol. The van der Waals surface area contributed by atoms with Crippen LogP contribution in [0, 0.1) is 0 Å². The van der Waals surface area contributed by atoms with Crippen molar-refractivity contribution in [1.82, 2.24) is 15.1 Å². The Hall–Kier alpha value is -3.88. The second-order valence-corrected chi connectivity index (χ2v) is 8.78. The fraction of sp³-hybridized carbons (Fsp3) is 0.385. The average Bonchev–Trinajstić information content (AvgIpc) is 3.17. The van der Waals surface area contributed by atoms with Crippen molar-refractivity contribution in [3.8, 4) is 11.1 Å². The largest absolute Gasteiger partial charge is 0.480 e. The van der Waals surface area contributed by atoms with Gasteiger partial charge < -0.3 is 25.0 Å². The number of carboxylic acids is 1. The van der Waals surface area contributed by atoms with Gasteiger partial charge in [0.15, 0.2) is 0 Å². The minimum atomic E-state index is -1.10. The summed E-state index contributed by atoms with van der Waals surface area (Å²) in [5, 5.41) is 11.6. The third-order valence-corrected chi connectivity index (χ3v) is 6.47. The molecule has 35 heavy (non-hydrogen) atoms. The Balaban J connectivity index is 1.37.